The van der Waals surface area contributed by atoms with Gasteiger partial charge in [0.25, 0.3) is 10.0 Å². The molecule has 0 unspecified atom stereocenters. The van der Waals surface area contributed by atoms with E-state index in [9.17, 15) is 13.2 Å². The topological polar surface area (TPSA) is 104 Å². The number of imidazole rings is 1. The lowest BCUT2D eigenvalue weighted by molar-refractivity contribution is -0.120. The Morgan fingerprint density at radius 3 is 2.88 bits per heavy atom. The minimum atomic E-state index is -3.57. The normalized spacial score (nSPS) is 22.4. The Balaban J connectivity index is 1.28. The van der Waals surface area contributed by atoms with E-state index >= 15 is 0 Å². The van der Waals surface area contributed by atoms with E-state index in [1.54, 1.807) is 6.07 Å². The maximum absolute atomic E-state index is 13.0. The van der Waals surface area contributed by atoms with Crippen LogP contribution in [0, 0.1) is 12.8 Å². The SMILES string of the molecule is Cc1ccc(S(=O)(=O)N2CCC[C@@H](C(=O)Nc3ccc4nc([C@@H]5CCCO5)[nH]c4c3)C2)s1. The number of H-pyrrole nitrogens is 1. The summed E-state index contributed by atoms with van der Waals surface area (Å²) >= 11 is 1.26. The van der Waals surface area contributed by atoms with Crippen LogP contribution in [0.2, 0.25) is 0 Å². The maximum atomic E-state index is 13.0. The second-order valence-corrected chi connectivity index (χ2v) is 11.9. The number of thiophene rings is 1. The molecule has 2 aliphatic heterocycles. The first-order valence-corrected chi connectivity index (χ1v) is 13.1. The van der Waals surface area contributed by atoms with Gasteiger partial charge in [0.05, 0.1) is 17.0 Å². The van der Waals surface area contributed by atoms with Gasteiger partial charge in [-0.15, -0.1) is 11.3 Å². The van der Waals surface area contributed by atoms with Crippen LogP contribution in [0.3, 0.4) is 0 Å². The zero-order chi connectivity index (χ0) is 22.3. The van der Waals surface area contributed by atoms with Gasteiger partial charge in [0.15, 0.2) is 0 Å². The Labute approximate surface area is 191 Å². The summed E-state index contributed by atoms with van der Waals surface area (Å²) in [7, 11) is -3.57. The highest BCUT2D eigenvalue weighted by Crippen LogP contribution is 2.30. The predicted octanol–water partition coefficient (Wildman–Crippen LogP) is 3.82. The number of aromatic nitrogens is 2. The van der Waals surface area contributed by atoms with Crippen molar-refractivity contribution < 1.29 is 17.9 Å². The number of anilines is 1. The lowest BCUT2D eigenvalue weighted by Crippen LogP contribution is -2.43. The fourth-order valence-corrected chi connectivity index (χ4v) is 7.31. The number of hydrogen-bond acceptors (Lipinski definition) is 6. The van der Waals surface area contributed by atoms with Gasteiger partial charge in [0.1, 0.15) is 16.1 Å². The molecule has 32 heavy (non-hydrogen) atoms. The molecule has 170 valence electrons. The minimum absolute atomic E-state index is 0.00254. The highest BCUT2D eigenvalue weighted by atomic mass is 32.2. The minimum Gasteiger partial charge on any atom is -0.370 e. The molecule has 0 saturated carbocycles. The molecule has 0 spiro atoms. The maximum Gasteiger partial charge on any atom is 0.252 e. The van der Waals surface area contributed by atoms with E-state index in [-0.39, 0.29) is 24.5 Å². The quantitative estimate of drug-likeness (QED) is 0.585. The molecule has 2 atom stereocenters. The van der Waals surface area contributed by atoms with Gasteiger partial charge < -0.3 is 15.0 Å². The first-order chi connectivity index (χ1) is 15.4. The number of aryl methyl sites for hydroxylation is 1. The van der Waals surface area contributed by atoms with Gasteiger partial charge in [-0.05, 0) is 62.9 Å². The molecule has 0 aliphatic carbocycles. The van der Waals surface area contributed by atoms with Crippen molar-refractivity contribution in [2.45, 2.75) is 42.9 Å². The summed E-state index contributed by atoms with van der Waals surface area (Å²) in [6, 6.07) is 9.01. The van der Waals surface area contributed by atoms with Crippen molar-refractivity contribution in [3.63, 3.8) is 0 Å². The number of carbonyl (C=O) groups is 1. The summed E-state index contributed by atoms with van der Waals surface area (Å²) in [5.41, 5.74) is 2.34. The van der Waals surface area contributed by atoms with Gasteiger partial charge in [-0.1, -0.05) is 0 Å². The van der Waals surface area contributed by atoms with E-state index in [4.69, 9.17) is 4.74 Å². The van der Waals surface area contributed by atoms with E-state index in [1.807, 2.05) is 31.2 Å². The first kappa shape index (κ1) is 21.6. The summed E-state index contributed by atoms with van der Waals surface area (Å²) < 4.78 is 33.4. The number of rotatable bonds is 5. The third-order valence-corrected chi connectivity index (χ3v) is 9.40. The number of fused-ring (bicyclic) bond motifs is 1. The van der Waals surface area contributed by atoms with Crippen LogP contribution < -0.4 is 5.32 Å². The number of carbonyl (C=O) groups excluding carboxylic acids is 1. The standard InChI is InChI=1S/C22H26N4O4S2/c1-14-6-9-20(31-14)32(28,29)26-10-2-4-15(13-26)22(27)23-16-7-8-17-18(12-16)25-21(24-17)19-5-3-11-30-19/h6-9,12,15,19H,2-5,10-11,13H2,1H3,(H,23,27)(H,24,25)/t15-,19+/m1/s1. The van der Waals surface area contributed by atoms with E-state index in [0.29, 0.717) is 29.3 Å². The zero-order valence-corrected chi connectivity index (χ0v) is 19.5. The molecule has 2 fully saturated rings. The second kappa shape index (κ2) is 8.58. The fraction of sp³-hybridized carbons (Fsp3) is 0.455. The number of piperidine rings is 1. The molecular formula is C22H26N4O4S2. The number of aromatic amines is 1. The number of ether oxygens (including phenoxy) is 1. The number of hydrogen-bond donors (Lipinski definition) is 2. The van der Waals surface area contributed by atoms with Crippen LogP contribution >= 0.6 is 11.3 Å². The summed E-state index contributed by atoms with van der Waals surface area (Å²) in [6.07, 6.45) is 3.31. The lowest BCUT2D eigenvalue weighted by atomic mass is 9.98. The van der Waals surface area contributed by atoms with Crippen LogP contribution in [0.15, 0.2) is 34.5 Å². The van der Waals surface area contributed by atoms with E-state index in [0.717, 1.165) is 41.2 Å². The Bertz CT molecular complexity index is 1240. The van der Waals surface area contributed by atoms with Gasteiger partial charge in [-0.25, -0.2) is 13.4 Å². The van der Waals surface area contributed by atoms with Gasteiger partial charge >= 0.3 is 0 Å². The van der Waals surface area contributed by atoms with Crippen LogP contribution in [0.1, 0.15) is 42.5 Å². The summed E-state index contributed by atoms with van der Waals surface area (Å²) in [5, 5.41) is 2.96. The predicted molar refractivity (Wildman–Crippen MR) is 123 cm³/mol. The molecule has 10 heteroatoms. The molecule has 0 radical (unpaired) electrons. The zero-order valence-electron chi connectivity index (χ0n) is 17.8. The Hall–Kier alpha value is -2.27. The molecule has 3 aromatic rings. The smallest absolute Gasteiger partial charge is 0.252 e. The molecule has 0 bridgehead atoms. The van der Waals surface area contributed by atoms with Crippen molar-refractivity contribution in [2.75, 3.05) is 25.0 Å². The largest absolute Gasteiger partial charge is 0.370 e. The van der Waals surface area contributed by atoms with E-state index < -0.39 is 10.0 Å². The molecule has 5 rings (SSSR count). The summed E-state index contributed by atoms with van der Waals surface area (Å²) in [5.74, 6) is 0.267. The van der Waals surface area contributed by atoms with Crippen LogP contribution in [0.4, 0.5) is 5.69 Å². The molecule has 1 aromatic carbocycles. The Kier molecular flexibility index (Phi) is 5.79. The van der Waals surface area contributed by atoms with Crippen molar-refractivity contribution in [3.8, 4) is 0 Å². The van der Waals surface area contributed by atoms with Gasteiger partial charge in [-0.2, -0.15) is 4.31 Å². The van der Waals surface area contributed by atoms with Gasteiger partial charge in [-0.3, -0.25) is 4.79 Å². The van der Waals surface area contributed by atoms with Crippen molar-refractivity contribution >= 4 is 44.0 Å². The molecule has 2 aliphatic rings. The molecule has 2 aromatic heterocycles. The van der Waals surface area contributed by atoms with Gasteiger partial charge in [0.2, 0.25) is 5.91 Å². The number of nitrogens with one attached hydrogen (secondary N) is 2. The highest BCUT2D eigenvalue weighted by Gasteiger charge is 2.34. The van der Waals surface area contributed by atoms with Crippen molar-refractivity contribution in [1.82, 2.24) is 14.3 Å². The monoisotopic (exact) mass is 474 g/mol. The van der Waals surface area contributed by atoms with E-state index in [2.05, 4.69) is 15.3 Å². The van der Waals surface area contributed by atoms with Crippen LogP contribution in [0.5, 0.6) is 0 Å². The third-order valence-electron chi connectivity index (χ3n) is 6.07. The van der Waals surface area contributed by atoms with Crippen LogP contribution in [-0.4, -0.2) is 48.3 Å². The fourth-order valence-electron chi connectivity index (χ4n) is 4.35. The summed E-state index contributed by atoms with van der Waals surface area (Å²) in [4.78, 5) is 21.8. The molecule has 2 saturated heterocycles. The number of sulfonamides is 1. The number of benzene rings is 1. The number of nitrogens with zero attached hydrogens (tertiary/aromatic N) is 2. The van der Waals surface area contributed by atoms with Crippen LogP contribution in [-0.2, 0) is 19.6 Å². The van der Waals surface area contributed by atoms with Gasteiger partial charge in [0, 0.05) is 30.3 Å². The first-order valence-electron chi connectivity index (χ1n) is 10.9. The van der Waals surface area contributed by atoms with Crippen molar-refractivity contribution in [2.24, 2.45) is 5.92 Å². The summed E-state index contributed by atoms with van der Waals surface area (Å²) in [6.45, 7) is 3.27. The molecule has 1 amide bonds. The van der Waals surface area contributed by atoms with E-state index in [1.165, 1.54) is 15.6 Å². The van der Waals surface area contributed by atoms with Crippen molar-refractivity contribution in [3.05, 3.63) is 41.0 Å². The third kappa shape index (κ3) is 4.19. The molecule has 8 nitrogen and oxygen atoms in total. The lowest BCUT2D eigenvalue weighted by Gasteiger charge is -2.30. The molecular weight excluding hydrogens is 448 g/mol. The molecule has 2 N–H and O–H groups in total. The average Bonchev–Trinajstić information content (AvgIpc) is 3.54. The molecule has 4 heterocycles. The Morgan fingerprint density at radius 2 is 2.12 bits per heavy atom. The highest BCUT2D eigenvalue weighted by molar-refractivity contribution is 7.91. The Morgan fingerprint density at radius 1 is 1.25 bits per heavy atom. The van der Waals surface area contributed by atoms with Crippen LogP contribution in [0.25, 0.3) is 11.0 Å². The second-order valence-electron chi connectivity index (χ2n) is 8.41. The average molecular weight is 475 g/mol. The number of amides is 1. The van der Waals surface area contributed by atoms with Crippen molar-refractivity contribution in [1.29, 1.82) is 0 Å².